The van der Waals surface area contributed by atoms with Crippen molar-refractivity contribution in [1.82, 2.24) is 14.3 Å². The van der Waals surface area contributed by atoms with Crippen molar-refractivity contribution >= 4 is 10.0 Å². The van der Waals surface area contributed by atoms with Crippen LogP contribution in [-0.4, -0.2) is 36.4 Å². The molecule has 1 aromatic carbocycles. The van der Waals surface area contributed by atoms with Gasteiger partial charge in [0.15, 0.2) is 0 Å². The van der Waals surface area contributed by atoms with Crippen LogP contribution >= 0.6 is 0 Å². The predicted molar refractivity (Wildman–Crippen MR) is 92.0 cm³/mol. The molecule has 0 bridgehead atoms. The summed E-state index contributed by atoms with van der Waals surface area (Å²) in [4.78, 5) is 4.33. The summed E-state index contributed by atoms with van der Waals surface area (Å²) in [6, 6.07) is 9.01. The van der Waals surface area contributed by atoms with Gasteiger partial charge in [0, 0.05) is 26.0 Å². The summed E-state index contributed by atoms with van der Waals surface area (Å²) >= 11 is 0. The molecule has 2 heterocycles. The third kappa shape index (κ3) is 4.23. The van der Waals surface area contributed by atoms with Gasteiger partial charge in [0.1, 0.15) is 11.9 Å². The fourth-order valence-electron chi connectivity index (χ4n) is 2.97. The number of hydrogen-bond donors (Lipinski definition) is 1. The SMILES string of the molecule is Cn1ccnc1[C@H](NS(=O)(=O)CC[C@@H]1CCCO1)c1ccccc1. The van der Waals surface area contributed by atoms with Gasteiger partial charge in [0.25, 0.3) is 0 Å². The van der Waals surface area contributed by atoms with Crippen LogP contribution in [0, 0.1) is 0 Å². The first-order valence-electron chi connectivity index (χ1n) is 8.19. The smallest absolute Gasteiger partial charge is 0.212 e. The molecule has 130 valence electrons. The Labute approximate surface area is 142 Å². The summed E-state index contributed by atoms with van der Waals surface area (Å²) in [5, 5.41) is 0. The number of aryl methyl sites for hydroxylation is 1. The fraction of sp³-hybridized carbons (Fsp3) is 0.471. The number of ether oxygens (including phenoxy) is 1. The van der Waals surface area contributed by atoms with E-state index in [1.165, 1.54) is 0 Å². The van der Waals surface area contributed by atoms with E-state index >= 15 is 0 Å². The van der Waals surface area contributed by atoms with Crippen LogP contribution in [0.5, 0.6) is 0 Å². The second-order valence-electron chi connectivity index (χ2n) is 6.10. The van der Waals surface area contributed by atoms with Gasteiger partial charge in [-0.1, -0.05) is 30.3 Å². The maximum absolute atomic E-state index is 12.6. The summed E-state index contributed by atoms with van der Waals surface area (Å²) in [5.74, 6) is 0.729. The molecular weight excluding hydrogens is 326 g/mol. The topological polar surface area (TPSA) is 73.2 Å². The Balaban J connectivity index is 1.77. The molecule has 0 spiro atoms. The van der Waals surface area contributed by atoms with E-state index in [9.17, 15) is 8.42 Å². The normalized spacial score (nSPS) is 19.5. The van der Waals surface area contributed by atoms with Gasteiger partial charge in [-0.05, 0) is 24.8 Å². The second kappa shape index (κ2) is 7.46. The van der Waals surface area contributed by atoms with E-state index in [4.69, 9.17) is 4.74 Å². The lowest BCUT2D eigenvalue weighted by atomic mass is 10.1. The van der Waals surface area contributed by atoms with Crippen LogP contribution in [0.25, 0.3) is 0 Å². The summed E-state index contributed by atoms with van der Waals surface area (Å²) in [6.45, 7) is 0.734. The van der Waals surface area contributed by atoms with E-state index in [0.29, 0.717) is 12.2 Å². The Morgan fingerprint density at radius 2 is 2.17 bits per heavy atom. The van der Waals surface area contributed by atoms with E-state index in [0.717, 1.165) is 25.0 Å². The third-order valence-corrected chi connectivity index (χ3v) is 5.65. The zero-order valence-electron chi connectivity index (χ0n) is 13.8. The number of rotatable bonds is 7. The number of imidazole rings is 1. The lowest BCUT2D eigenvalue weighted by Crippen LogP contribution is -2.33. The Hall–Kier alpha value is -1.70. The summed E-state index contributed by atoms with van der Waals surface area (Å²) in [6.07, 6.45) is 6.02. The van der Waals surface area contributed by atoms with Gasteiger partial charge in [-0.2, -0.15) is 0 Å². The molecule has 0 aliphatic carbocycles. The molecule has 1 N–H and O–H groups in total. The highest BCUT2D eigenvalue weighted by Crippen LogP contribution is 2.22. The van der Waals surface area contributed by atoms with Crippen molar-refractivity contribution in [2.45, 2.75) is 31.4 Å². The Bertz CT molecular complexity index is 752. The van der Waals surface area contributed by atoms with Gasteiger partial charge < -0.3 is 9.30 Å². The standard InChI is InChI=1S/C17H23N3O3S/c1-20-11-10-18-17(20)16(14-6-3-2-4-7-14)19-24(21,22)13-9-15-8-5-12-23-15/h2-4,6-7,10-11,15-16,19H,5,8-9,12-13H2,1H3/t15-,16+/m0/s1. The molecule has 0 unspecified atom stereocenters. The molecule has 2 aromatic rings. The molecule has 1 aliphatic rings. The first-order valence-corrected chi connectivity index (χ1v) is 9.84. The highest BCUT2D eigenvalue weighted by Gasteiger charge is 2.26. The number of benzene rings is 1. The van der Waals surface area contributed by atoms with Crippen LogP contribution < -0.4 is 4.72 Å². The van der Waals surface area contributed by atoms with E-state index in [1.54, 1.807) is 6.20 Å². The molecule has 1 aliphatic heterocycles. The predicted octanol–water partition coefficient (Wildman–Crippen LogP) is 2.00. The van der Waals surface area contributed by atoms with Gasteiger partial charge in [0.05, 0.1) is 11.9 Å². The number of nitrogens with zero attached hydrogens (tertiary/aromatic N) is 2. The summed E-state index contributed by atoms with van der Waals surface area (Å²) in [7, 11) is -1.58. The van der Waals surface area contributed by atoms with E-state index in [2.05, 4.69) is 9.71 Å². The van der Waals surface area contributed by atoms with Crippen molar-refractivity contribution in [3.05, 3.63) is 54.1 Å². The van der Waals surface area contributed by atoms with Gasteiger partial charge in [0.2, 0.25) is 10.0 Å². The van der Waals surface area contributed by atoms with E-state index in [-0.39, 0.29) is 11.9 Å². The fourth-order valence-corrected chi connectivity index (χ4v) is 4.26. The first-order chi connectivity index (χ1) is 11.6. The van der Waals surface area contributed by atoms with Crippen molar-refractivity contribution in [3.8, 4) is 0 Å². The van der Waals surface area contributed by atoms with E-state index in [1.807, 2.05) is 48.1 Å². The van der Waals surface area contributed by atoms with Crippen LogP contribution in [0.2, 0.25) is 0 Å². The molecule has 0 saturated carbocycles. The molecular formula is C17H23N3O3S. The quantitative estimate of drug-likeness (QED) is 0.830. The molecule has 1 fully saturated rings. The van der Waals surface area contributed by atoms with Crippen molar-refractivity contribution in [2.75, 3.05) is 12.4 Å². The minimum Gasteiger partial charge on any atom is -0.378 e. The lowest BCUT2D eigenvalue weighted by molar-refractivity contribution is 0.109. The van der Waals surface area contributed by atoms with Crippen LogP contribution in [0.1, 0.15) is 36.7 Å². The maximum atomic E-state index is 12.6. The van der Waals surface area contributed by atoms with Gasteiger partial charge in [-0.25, -0.2) is 18.1 Å². The number of aromatic nitrogens is 2. The van der Waals surface area contributed by atoms with Gasteiger partial charge in [-0.3, -0.25) is 0 Å². The highest BCUT2D eigenvalue weighted by molar-refractivity contribution is 7.89. The third-order valence-electron chi connectivity index (χ3n) is 4.28. The Morgan fingerprint density at radius 3 is 2.79 bits per heavy atom. The Morgan fingerprint density at radius 1 is 1.38 bits per heavy atom. The van der Waals surface area contributed by atoms with Gasteiger partial charge >= 0.3 is 0 Å². The molecule has 7 heteroatoms. The second-order valence-corrected chi connectivity index (χ2v) is 7.97. The van der Waals surface area contributed by atoms with E-state index < -0.39 is 16.1 Å². The summed E-state index contributed by atoms with van der Waals surface area (Å²) < 4.78 is 35.3. The van der Waals surface area contributed by atoms with Crippen LogP contribution in [0.4, 0.5) is 0 Å². The molecule has 0 amide bonds. The molecule has 1 aromatic heterocycles. The Kier molecular flexibility index (Phi) is 5.33. The molecule has 6 nitrogen and oxygen atoms in total. The van der Waals surface area contributed by atoms with Crippen LogP contribution in [0.15, 0.2) is 42.7 Å². The van der Waals surface area contributed by atoms with Crippen LogP contribution in [0.3, 0.4) is 0 Å². The average molecular weight is 349 g/mol. The molecule has 0 radical (unpaired) electrons. The number of nitrogens with one attached hydrogen (secondary N) is 1. The molecule has 3 rings (SSSR count). The number of hydrogen-bond acceptors (Lipinski definition) is 4. The molecule has 24 heavy (non-hydrogen) atoms. The van der Waals surface area contributed by atoms with Crippen molar-refractivity contribution in [2.24, 2.45) is 7.05 Å². The highest BCUT2D eigenvalue weighted by atomic mass is 32.2. The summed E-state index contributed by atoms with van der Waals surface area (Å²) in [5.41, 5.74) is 0.868. The average Bonchev–Trinajstić information content (AvgIpc) is 3.23. The molecule has 2 atom stereocenters. The van der Waals surface area contributed by atoms with Crippen molar-refractivity contribution in [3.63, 3.8) is 0 Å². The zero-order valence-corrected chi connectivity index (χ0v) is 14.6. The minimum atomic E-state index is -3.44. The van der Waals surface area contributed by atoms with Crippen molar-refractivity contribution in [1.29, 1.82) is 0 Å². The van der Waals surface area contributed by atoms with Crippen LogP contribution in [-0.2, 0) is 21.8 Å². The van der Waals surface area contributed by atoms with Gasteiger partial charge in [-0.15, -0.1) is 0 Å². The van der Waals surface area contributed by atoms with Crippen molar-refractivity contribution < 1.29 is 13.2 Å². The first kappa shape index (κ1) is 17.1. The molecule has 1 saturated heterocycles. The maximum Gasteiger partial charge on any atom is 0.212 e. The monoisotopic (exact) mass is 349 g/mol. The lowest BCUT2D eigenvalue weighted by Gasteiger charge is -2.19. The minimum absolute atomic E-state index is 0.0601. The number of sulfonamides is 1. The zero-order chi connectivity index (χ0) is 17.0. The largest absolute Gasteiger partial charge is 0.378 e.